The monoisotopic (exact) mass is 252 g/mol. The van der Waals surface area contributed by atoms with Gasteiger partial charge in [0, 0.05) is 4.47 Å². The van der Waals surface area contributed by atoms with E-state index >= 15 is 0 Å². The number of aryl methyl sites for hydroxylation is 3. The van der Waals surface area contributed by atoms with Gasteiger partial charge in [-0.15, -0.1) is 0 Å². The Morgan fingerprint density at radius 1 is 1.21 bits per heavy atom. The minimum Gasteiger partial charge on any atom is -0.0917 e. The molecule has 14 heavy (non-hydrogen) atoms. The first kappa shape index (κ1) is 11.5. The highest BCUT2D eigenvalue weighted by Crippen LogP contribution is 2.22. The molecule has 0 aliphatic rings. The van der Waals surface area contributed by atoms with Crippen molar-refractivity contribution in [2.45, 2.75) is 33.6 Å². The van der Waals surface area contributed by atoms with Gasteiger partial charge in [0.25, 0.3) is 0 Å². The molecule has 0 nitrogen and oxygen atoms in total. The largest absolute Gasteiger partial charge is 0.0917 e. The minimum absolute atomic E-state index is 1.12. The molecule has 76 valence electrons. The summed E-state index contributed by atoms with van der Waals surface area (Å²) in [5.41, 5.74) is 4.14. The number of hydrogen-bond acceptors (Lipinski definition) is 0. The van der Waals surface area contributed by atoms with Crippen molar-refractivity contribution in [2.24, 2.45) is 0 Å². The molecule has 0 heterocycles. The Morgan fingerprint density at radius 2 is 1.86 bits per heavy atom. The molecule has 0 spiro atoms. The summed E-state index contributed by atoms with van der Waals surface area (Å²) in [6.07, 6.45) is 6.56. The second-order valence-corrected chi connectivity index (χ2v) is 4.49. The molecule has 1 aromatic rings. The van der Waals surface area contributed by atoms with Crippen LogP contribution in [0.2, 0.25) is 0 Å². The molecule has 0 aromatic heterocycles. The lowest BCUT2D eigenvalue weighted by molar-refractivity contribution is 0.986. The third-order valence-corrected chi connectivity index (χ3v) is 3.22. The third kappa shape index (κ3) is 2.98. The Bertz CT molecular complexity index is 337. The lowest BCUT2D eigenvalue weighted by Crippen LogP contribution is -1.90. The van der Waals surface area contributed by atoms with E-state index in [1.807, 2.05) is 0 Å². The molecule has 1 aromatic carbocycles. The molecule has 0 fully saturated rings. The van der Waals surface area contributed by atoms with Gasteiger partial charge in [-0.1, -0.05) is 34.1 Å². The Labute approximate surface area is 95.2 Å². The van der Waals surface area contributed by atoms with Crippen LogP contribution >= 0.6 is 15.9 Å². The lowest BCUT2D eigenvalue weighted by Gasteiger charge is -2.07. The van der Waals surface area contributed by atoms with Crippen LogP contribution in [0.3, 0.4) is 0 Å². The average Bonchev–Trinajstić information content (AvgIpc) is 2.14. The van der Waals surface area contributed by atoms with Crippen LogP contribution in [0.25, 0.3) is 0 Å². The number of allylic oxidation sites excluding steroid dienone is 2. The number of benzene rings is 1. The van der Waals surface area contributed by atoms with E-state index in [9.17, 15) is 0 Å². The molecule has 1 heteroatoms. The van der Waals surface area contributed by atoms with E-state index in [0.717, 1.165) is 12.8 Å². The topological polar surface area (TPSA) is 0 Å². The quantitative estimate of drug-likeness (QED) is 0.692. The van der Waals surface area contributed by atoms with Crippen LogP contribution in [0, 0.1) is 13.8 Å². The van der Waals surface area contributed by atoms with Gasteiger partial charge in [0.2, 0.25) is 0 Å². The lowest BCUT2D eigenvalue weighted by atomic mass is 10.0. The van der Waals surface area contributed by atoms with Crippen molar-refractivity contribution >= 4 is 15.9 Å². The predicted octanol–water partition coefficient (Wildman–Crippen LogP) is 4.57. The second kappa shape index (κ2) is 5.35. The zero-order chi connectivity index (χ0) is 10.6. The first-order valence-corrected chi connectivity index (χ1v) is 5.81. The molecule has 0 aliphatic carbocycles. The fourth-order valence-electron chi connectivity index (χ4n) is 1.44. The Hall–Kier alpha value is -0.560. The van der Waals surface area contributed by atoms with Gasteiger partial charge in [0.1, 0.15) is 0 Å². The van der Waals surface area contributed by atoms with Crippen LogP contribution in [-0.4, -0.2) is 0 Å². The molecule has 0 unspecified atom stereocenters. The summed E-state index contributed by atoms with van der Waals surface area (Å²) in [6.45, 7) is 6.38. The van der Waals surface area contributed by atoms with Crippen LogP contribution < -0.4 is 0 Å². The molecule has 0 aliphatic heterocycles. The molecule has 0 N–H and O–H groups in total. The summed E-state index contributed by atoms with van der Waals surface area (Å²) >= 11 is 3.61. The van der Waals surface area contributed by atoms with E-state index in [0.29, 0.717) is 0 Å². The summed E-state index contributed by atoms with van der Waals surface area (Å²) in [6, 6.07) is 4.49. The standard InChI is InChI=1S/C13H17Br/c1-4-5-6-7-12-8-10(2)11(3)9-13(12)14/h4-5,8-9H,6-7H2,1-3H3/b5-4-. The van der Waals surface area contributed by atoms with Crippen LogP contribution in [0.4, 0.5) is 0 Å². The Balaban J connectivity index is 2.81. The van der Waals surface area contributed by atoms with E-state index in [4.69, 9.17) is 0 Å². The second-order valence-electron chi connectivity index (χ2n) is 3.64. The predicted molar refractivity (Wildman–Crippen MR) is 66.8 cm³/mol. The smallest absolute Gasteiger partial charge is 0.0210 e. The number of hydrogen-bond donors (Lipinski definition) is 0. The maximum atomic E-state index is 3.61. The van der Waals surface area contributed by atoms with Gasteiger partial charge >= 0.3 is 0 Å². The van der Waals surface area contributed by atoms with Crippen LogP contribution in [-0.2, 0) is 6.42 Å². The summed E-state index contributed by atoms with van der Waals surface area (Å²) in [7, 11) is 0. The molecule has 0 atom stereocenters. The SMILES string of the molecule is C/C=C\CCc1cc(C)c(C)cc1Br. The van der Waals surface area contributed by atoms with E-state index in [1.54, 1.807) is 0 Å². The average molecular weight is 253 g/mol. The molecule has 0 saturated heterocycles. The van der Waals surface area contributed by atoms with Gasteiger partial charge in [-0.3, -0.25) is 0 Å². The van der Waals surface area contributed by atoms with Crippen molar-refractivity contribution in [1.82, 2.24) is 0 Å². The van der Waals surface area contributed by atoms with Crippen molar-refractivity contribution in [2.75, 3.05) is 0 Å². The molecule has 0 amide bonds. The Morgan fingerprint density at radius 3 is 2.50 bits per heavy atom. The van der Waals surface area contributed by atoms with Crippen molar-refractivity contribution in [3.63, 3.8) is 0 Å². The third-order valence-electron chi connectivity index (χ3n) is 2.48. The van der Waals surface area contributed by atoms with Crippen LogP contribution in [0.1, 0.15) is 30.0 Å². The van der Waals surface area contributed by atoms with Crippen molar-refractivity contribution in [3.05, 3.63) is 45.4 Å². The zero-order valence-electron chi connectivity index (χ0n) is 9.10. The van der Waals surface area contributed by atoms with Gasteiger partial charge < -0.3 is 0 Å². The maximum absolute atomic E-state index is 3.61. The fourth-order valence-corrected chi connectivity index (χ4v) is 2.09. The van der Waals surface area contributed by atoms with Crippen molar-refractivity contribution < 1.29 is 0 Å². The summed E-state index contributed by atoms with van der Waals surface area (Å²) in [5.74, 6) is 0. The number of halogens is 1. The van der Waals surface area contributed by atoms with E-state index in [1.165, 1.54) is 21.2 Å². The van der Waals surface area contributed by atoms with E-state index in [2.05, 4.69) is 61.0 Å². The highest BCUT2D eigenvalue weighted by atomic mass is 79.9. The van der Waals surface area contributed by atoms with Gasteiger partial charge in [-0.05, 0) is 56.4 Å². The molecule has 0 bridgehead atoms. The molecular formula is C13H17Br. The highest BCUT2D eigenvalue weighted by Gasteiger charge is 2.01. The zero-order valence-corrected chi connectivity index (χ0v) is 10.7. The minimum atomic E-state index is 1.12. The molecule has 0 radical (unpaired) electrons. The van der Waals surface area contributed by atoms with Gasteiger partial charge in [-0.2, -0.15) is 0 Å². The number of rotatable bonds is 3. The fraction of sp³-hybridized carbons (Fsp3) is 0.385. The van der Waals surface area contributed by atoms with E-state index < -0.39 is 0 Å². The Kier molecular flexibility index (Phi) is 4.40. The first-order valence-electron chi connectivity index (χ1n) is 5.02. The highest BCUT2D eigenvalue weighted by molar-refractivity contribution is 9.10. The van der Waals surface area contributed by atoms with Crippen LogP contribution in [0.5, 0.6) is 0 Å². The van der Waals surface area contributed by atoms with Gasteiger partial charge in [-0.25, -0.2) is 0 Å². The van der Waals surface area contributed by atoms with Gasteiger partial charge in [0.05, 0.1) is 0 Å². The first-order chi connectivity index (χ1) is 6.65. The van der Waals surface area contributed by atoms with Gasteiger partial charge in [0.15, 0.2) is 0 Å². The summed E-state index contributed by atoms with van der Waals surface area (Å²) in [5, 5.41) is 0. The van der Waals surface area contributed by atoms with Crippen molar-refractivity contribution in [3.8, 4) is 0 Å². The maximum Gasteiger partial charge on any atom is 0.0210 e. The van der Waals surface area contributed by atoms with E-state index in [-0.39, 0.29) is 0 Å². The molecule has 1 rings (SSSR count). The normalized spacial score (nSPS) is 11.1. The summed E-state index contributed by atoms with van der Waals surface area (Å²) in [4.78, 5) is 0. The molecule has 0 saturated carbocycles. The van der Waals surface area contributed by atoms with Crippen molar-refractivity contribution in [1.29, 1.82) is 0 Å². The van der Waals surface area contributed by atoms with Crippen LogP contribution in [0.15, 0.2) is 28.8 Å². The molecular weight excluding hydrogens is 236 g/mol. The summed E-state index contributed by atoms with van der Waals surface area (Å²) < 4.78 is 1.24.